The van der Waals surface area contributed by atoms with E-state index in [1.165, 1.54) is 11.8 Å². The standard InChI is InChI=1S/C32H37N5O5S/c1-20-8-6-7-9-23(20)37-31-28(30(33-37)32(3,4)5)29(22-10-11-24-25(16-22)42-19-41-24)43-18-27(40)36(31)17-26(39)35-14-12-34(13-15-35)21(2)38/h6-11,16,29H,12-15,17-19H2,1-5H3/t29-/m1/s1. The second kappa shape index (κ2) is 11.3. The second-order valence-electron chi connectivity index (χ2n) is 12.2. The minimum Gasteiger partial charge on any atom is -0.454 e. The Labute approximate surface area is 255 Å². The first kappa shape index (κ1) is 29.1. The van der Waals surface area contributed by atoms with E-state index in [1.807, 2.05) is 54.1 Å². The van der Waals surface area contributed by atoms with Gasteiger partial charge in [0.2, 0.25) is 24.5 Å². The van der Waals surface area contributed by atoms with Crippen LogP contribution in [-0.4, -0.2) is 82.6 Å². The SMILES string of the molecule is CC(=O)N1CCN(C(=O)CN2C(=O)CS[C@H](c3ccc4c(c3)OCO4)c3c(C(C)(C)C)nn(-c4ccccc4C)c32)CC1. The van der Waals surface area contributed by atoms with E-state index in [-0.39, 0.29) is 47.5 Å². The smallest absolute Gasteiger partial charge is 0.242 e. The molecule has 1 aromatic heterocycles. The third kappa shape index (κ3) is 5.46. The first-order valence-corrected chi connectivity index (χ1v) is 15.6. The van der Waals surface area contributed by atoms with Crippen LogP contribution in [0.4, 0.5) is 5.82 Å². The van der Waals surface area contributed by atoms with Gasteiger partial charge < -0.3 is 19.3 Å². The van der Waals surface area contributed by atoms with Gasteiger partial charge in [-0.3, -0.25) is 19.3 Å². The molecule has 6 rings (SSSR count). The number of nitrogens with zero attached hydrogens (tertiary/aromatic N) is 5. The van der Waals surface area contributed by atoms with Crippen molar-refractivity contribution in [1.29, 1.82) is 0 Å². The highest BCUT2D eigenvalue weighted by molar-refractivity contribution is 8.00. The molecule has 0 saturated carbocycles. The van der Waals surface area contributed by atoms with Crippen LogP contribution in [0.5, 0.6) is 11.5 Å². The molecule has 0 N–H and O–H groups in total. The number of carbonyl (C=O) groups is 3. The van der Waals surface area contributed by atoms with Gasteiger partial charge >= 0.3 is 0 Å². The number of rotatable bonds is 4. The van der Waals surface area contributed by atoms with E-state index in [1.54, 1.807) is 21.6 Å². The number of benzene rings is 2. The summed E-state index contributed by atoms with van der Waals surface area (Å²) in [5.74, 6) is 1.88. The molecule has 3 aliphatic rings. The number of amides is 3. The van der Waals surface area contributed by atoms with Crippen molar-refractivity contribution in [1.82, 2.24) is 19.6 Å². The van der Waals surface area contributed by atoms with Crippen LogP contribution in [0.3, 0.4) is 0 Å². The molecule has 1 atom stereocenters. The van der Waals surface area contributed by atoms with Crippen LogP contribution in [-0.2, 0) is 19.8 Å². The maximum absolute atomic E-state index is 14.0. The molecule has 11 heteroatoms. The fourth-order valence-electron chi connectivity index (χ4n) is 5.89. The lowest BCUT2D eigenvalue weighted by molar-refractivity contribution is -0.137. The number of thioether (sulfide) groups is 1. The van der Waals surface area contributed by atoms with Gasteiger partial charge in [-0.2, -0.15) is 5.10 Å². The number of aromatic nitrogens is 2. The molecule has 0 aliphatic carbocycles. The van der Waals surface area contributed by atoms with Gasteiger partial charge in [-0.05, 0) is 36.2 Å². The van der Waals surface area contributed by atoms with E-state index in [4.69, 9.17) is 14.6 Å². The summed E-state index contributed by atoms with van der Waals surface area (Å²) < 4.78 is 13.1. The molecular weight excluding hydrogens is 566 g/mol. The summed E-state index contributed by atoms with van der Waals surface area (Å²) in [5, 5.41) is 4.97. The molecule has 1 fully saturated rings. The van der Waals surface area contributed by atoms with Gasteiger partial charge in [0.15, 0.2) is 11.5 Å². The molecule has 0 unspecified atom stereocenters. The zero-order valence-corrected chi connectivity index (χ0v) is 26.1. The highest BCUT2D eigenvalue weighted by atomic mass is 32.2. The number of para-hydroxylation sites is 1. The summed E-state index contributed by atoms with van der Waals surface area (Å²) in [6.07, 6.45) is 0. The fraction of sp³-hybridized carbons (Fsp3) is 0.438. The summed E-state index contributed by atoms with van der Waals surface area (Å²) in [4.78, 5) is 44.8. The van der Waals surface area contributed by atoms with E-state index in [2.05, 4.69) is 20.8 Å². The lowest BCUT2D eigenvalue weighted by Crippen LogP contribution is -2.53. The number of hydrogen-bond donors (Lipinski definition) is 0. The average Bonchev–Trinajstić information content (AvgIpc) is 3.58. The maximum atomic E-state index is 14.0. The van der Waals surface area contributed by atoms with Crippen LogP contribution < -0.4 is 14.4 Å². The predicted octanol–water partition coefficient (Wildman–Crippen LogP) is 4.07. The first-order valence-electron chi connectivity index (χ1n) is 14.6. The number of piperazine rings is 1. The number of hydrogen-bond acceptors (Lipinski definition) is 7. The Bertz CT molecular complexity index is 1590. The number of anilines is 1. The van der Waals surface area contributed by atoms with E-state index >= 15 is 0 Å². The Balaban J connectivity index is 1.49. The van der Waals surface area contributed by atoms with Crippen molar-refractivity contribution in [3.63, 3.8) is 0 Å². The molecule has 0 spiro atoms. The van der Waals surface area contributed by atoms with Crippen molar-refractivity contribution in [2.45, 2.75) is 45.3 Å². The molecule has 3 amide bonds. The van der Waals surface area contributed by atoms with Crippen molar-refractivity contribution in [3.8, 4) is 17.2 Å². The normalized spacial score (nSPS) is 18.5. The molecule has 2 aromatic carbocycles. The Morgan fingerprint density at radius 2 is 1.70 bits per heavy atom. The Morgan fingerprint density at radius 1 is 1.00 bits per heavy atom. The van der Waals surface area contributed by atoms with Crippen LogP contribution in [0, 0.1) is 6.92 Å². The topological polar surface area (TPSA) is 97.2 Å². The summed E-state index contributed by atoms with van der Waals surface area (Å²) in [5.41, 5.74) is 4.25. The van der Waals surface area contributed by atoms with Crippen molar-refractivity contribution >= 4 is 35.3 Å². The van der Waals surface area contributed by atoms with Crippen molar-refractivity contribution in [3.05, 3.63) is 64.8 Å². The molecule has 3 aromatic rings. The quantitative estimate of drug-likeness (QED) is 0.444. The molecule has 4 heterocycles. The van der Waals surface area contributed by atoms with Crippen LogP contribution in [0.15, 0.2) is 42.5 Å². The summed E-state index contributed by atoms with van der Waals surface area (Å²) >= 11 is 1.54. The van der Waals surface area contributed by atoms with E-state index in [9.17, 15) is 14.4 Å². The van der Waals surface area contributed by atoms with E-state index in [0.29, 0.717) is 43.5 Å². The summed E-state index contributed by atoms with van der Waals surface area (Å²) in [7, 11) is 0. The van der Waals surface area contributed by atoms with Crippen LogP contribution in [0.1, 0.15) is 55.3 Å². The van der Waals surface area contributed by atoms with Crippen LogP contribution in [0.25, 0.3) is 5.69 Å². The number of carbonyl (C=O) groups excluding carboxylic acids is 3. The van der Waals surface area contributed by atoms with Crippen LogP contribution >= 0.6 is 11.8 Å². The van der Waals surface area contributed by atoms with Crippen LogP contribution in [0.2, 0.25) is 0 Å². The van der Waals surface area contributed by atoms with Crippen molar-refractivity contribution in [2.24, 2.45) is 0 Å². The van der Waals surface area contributed by atoms with Gasteiger partial charge in [-0.15, -0.1) is 11.8 Å². The van der Waals surface area contributed by atoms with Gasteiger partial charge in [-0.25, -0.2) is 4.68 Å². The largest absolute Gasteiger partial charge is 0.454 e. The Hall–Kier alpha value is -3.99. The molecule has 3 aliphatic heterocycles. The summed E-state index contributed by atoms with van der Waals surface area (Å²) in [6.45, 7) is 11.8. The third-order valence-electron chi connectivity index (χ3n) is 8.21. The van der Waals surface area contributed by atoms with Crippen molar-refractivity contribution in [2.75, 3.05) is 50.2 Å². The Kier molecular flexibility index (Phi) is 7.62. The highest BCUT2D eigenvalue weighted by Gasteiger charge is 2.41. The molecule has 226 valence electrons. The minimum absolute atomic E-state index is 0.00265. The number of ether oxygens (including phenoxy) is 2. The average molecular weight is 604 g/mol. The zero-order chi connectivity index (χ0) is 30.5. The zero-order valence-electron chi connectivity index (χ0n) is 25.3. The lowest BCUT2D eigenvalue weighted by Gasteiger charge is -2.35. The fourth-order valence-corrected chi connectivity index (χ4v) is 7.08. The summed E-state index contributed by atoms with van der Waals surface area (Å²) in [6, 6.07) is 13.9. The van der Waals surface area contributed by atoms with Gasteiger partial charge in [-0.1, -0.05) is 45.0 Å². The first-order chi connectivity index (χ1) is 20.5. The van der Waals surface area contributed by atoms with E-state index in [0.717, 1.165) is 28.1 Å². The Morgan fingerprint density at radius 3 is 2.40 bits per heavy atom. The van der Waals surface area contributed by atoms with Crippen molar-refractivity contribution < 1.29 is 23.9 Å². The second-order valence-corrected chi connectivity index (χ2v) is 13.3. The molecular formula is C32H37N5O5S. The van der Waals surface area contributed by atoms with Gasteiger partial charge in [0.05, 0.1) is 22.4 Å². The van der Waals surface area contributed by atoms with Gasteiger partial charge in [0, 0.05) is 44.1 Å². The van der Waals surface area contributed by atoms with Gasteiger partial charge in [0.1, 0.15) is 12.4 Å². The predicted molar refractivity (Wildman–Crippen MR) is 165 cm³/mol. The number of aryl methyl sites for hydroxylation is 1. The van der Waals surface area contributed by atoms with E-state index < -0.39 is 0 Å². The molecule has 1 saturated heterocycles. The maximum Gasteiger partial charge on any atom is 0.242 e. The molecule has 0 radical (unpaired) electrons. The molecule has 43 heavy (non-hydrogen) atoms. The lowest BCUT2D eigenvalue weighted by atomic mass is 9.87. The highest BCUT2D eigenvalue weighted by Crippen LogP contribution is 2.50. The molecule has 0 bridgehead atoms. The van der Waals surface area contributed by atoms with Gasteiger partial charge in [0.25, 0.3) is 0 Å². The minimum atomic E-state index is -0.362. The number of fused-ring (bicyclic) bond motifs is 2. The third-order valence-corrected chi connectivity index (χ3v) is 9.47. The monoisotopic (exact) mass is 603 g/mol. The molecule has 10 nitrogen and oxygen atoms in total.